The van der Waals surface area contributed by atoms with E-state index in [-0.39, 0.29) is 16.4 Å². The molecule has 0 saturated carbocycles. The fourth-order valence-electron chi connectivity index (χ4n) is 1.84. The molecule has 0 atom stereocenters. The van der Waals surface area contributed by atoms with Crippen LogP contribution in [0.4, 0.5) is 10.7 Å². The predicted octanol–water partition coefficient (Wildman–Crippen LogP) is 2.43. The Morgan fingerprint density at radius 2 is 1.96 bits per heavy atom. The van der Waals surface area contributed by atoms with Gasteiger partial charge in [0.05, 0.1) is 22.8 Å². The number of rotatable bonds is 5. The molecule has 0 radical (unpaired) electrons. The van der Waals surface area contributed by atoms with Crippen LogP contribution in [0.3, 0.4) is 0 Å². The molecule has 1 aromatic heterocycles. The summed E-state index contributed by atoms with van der Waals surface area (Å²) in [7, 11) is -3.20. The number of hydrogen-bond acceptors (Lipinski definition) is 7. The van der Waals surface area contributed by atoms with Crippen LogP contribution in [0.5, 0.6) is 0 Å². The minimum absolute atomic E-state index is 0.0865. The van der Waals surface area contributed by atoms with Gasteiger partial charge in [-0.25, -0.2) is 32.7 Å². The third-order valence-corrected chi connectivity index (χ3v) is 5.56. The van der Waals surface area contributed by atoms with Crippen LogP contribution in [0.15, 0.2) is 39.8 Å². The number of nitrogens with one attached hydrogen (secondary N) is 2. The van der Waals surface area contributed by atoms with Crippen molar-refractivity contribution >= 4 is 59.8 Å². The average Bonchev–Trinajstić information content (AvgIpc) is 2.62. The zero-order valence-corrected chi connectivity index (χ0v) is 17.2. The molecule has 138 valence electrons. The number of anilines is 1. The third-order valence-electron chi connectivity index (χ3n) is 2.98. The Morgan fingerprint density at radius 1 is 1.27 bits per heavy atom. The van der Waals surface area contributed by atoms with Crippen LogP contribution in [0.2, 0.25) is 0 Å². The predicted molar refractivity (Wildman–Crippen MR) is 99.5 cm³/mol. The first kappa shape index (κ1) is 20.3. The van der Waals surface area contributed by atoms with Crippen LogP contribution in [0, 0.1) is 0 Å². The molecule has 2 N–H and O–H groups in total. The summed E-state index contributed by atoms with van der Waals surface area (Å²) in [5.41, 5.74) is 0.367. The number of urea groups is 1. The van der Waals surface area contributed by atoms with Gasteiger partial charge < -0.3 is 4.74 Å². The highest BCUT2D eigenvalue weighted by atomic mass is 79.9. The second kappa shape index (κ2) is 8.56. The molecule has 2 rings (SSSR count). The Bertz CT molecular complexity index is 952. The monoisotopic (exact) mass is 506 g/mol. The number of amides is 2. The molecule has 0 spiro atoms. The fourth-order valence-corrected chi connectivity index (χ4v) is 4.08. The zero-order chi connectivity index (χ0) is 19.3. The molecule has 0 unspecified atom stereocenters. The van der Waals surface area contributed by atoms with Gasteiger partial charge in [0, 0.05) is 11.5 Å². The van der Waals surface area contributed by atoms with Gasteiger partial charge in [-0.05, 0) is 28.1 Å². The molecular formula is C14H12Br2N4O5S. The second-order valence-corrected chi connectivity index (χ2v) is 7.74. The molecule has 26 heavy (non-hydrogen) atoms. The summed E-state index contributed by atoms with van der Waals surface area (Å²) in [5, 5.41) is 2.62. The number of carbonyl (C=O) groups is 2. The molecule has 1 heterocycles. The summed E-state index contributed by atoms with van der Waals surface area (Å²) in [4.78, 5) is 31.3. The second-order valence-electron chi connectivity index (χ2n) is 4.67. The number of esters is 1. The number of hydrogen-bond donors (Lipinski definition) is 2. The standard InChI is InChI=1S/C14H12Br2N4O5S/c1-25-12(21)8-4-2-3-5-11(8)26(23,24)20-14(22)19-13-17-7-9(16)10(6-15)18-13/h2-5,7H,6H2,1H3,(H2,17,18,19,20,22). The summed E-state index contributed by atoms with van der Waals surface area (Å²) in [6.45, 7) is 0. The van der Waals surface area contributed by atoms with E-state index in [0.717, 1.165) is 7.11 Å². The lowest BCUT2D eigenvalue weighted by Gasteiger charge is -2.11. The highest BCUT2D eigenvalue weighted by Crippen LogP contribution is 2.18. The van der Waals surface area contributed by atoms with Crippen LogP contribution in [0.1, 0.15) is 16.1 Å². The van der Waals surface area contributed by atoms with Crippen LogP contribution in [-0.4, -0.2) is 37.5 Å². The number of alkyl halides is 1. The zero-order valence-electron chi connectivity index (χ0n) is 13.2. The van der Waals surface area contributed by atoms with E-state index in [0.29, 0.717) is 15.5 Å². The van der Waals surface area contributed by atoms with E-state index in [1.165, 1.54) is 30.5 Å². The summed E-state index contributed by atoms with van der Waals surface area (Å²) in [6.07, 6.45) is 1.42. The van der Waals surface area contributed by atoms with Crippen molar-refractivity contribution in [2.24, 2.45) is 0 Å². The number of sulfonamides is 1. The number of methoxy groups -OCH3 is 1. The molecule has 0 aliphatic carbocycles. The lowest BCUT2D eigenvalue weighted by molar-refractivity contribution is 0.0596. The summed E-state index contributed by atoms with van der Waals surface area (Å²) in [6, 6.07) is 4.27. The SMILES string of the molecule is COC(=O)c1ccccc1S(=O)(=O)NC(=O)Nc1ncc(Br)c(CBr)n1. The quantitative estimate of drug-likeness (QED) is 0.469. The third kappa shape index (κ3) is 4.77. The first-order valence-corrected chi connectivity index (χ1v) is 10.3. The van der Waals surface area contributed by atoms with Crippen LogP contribution in [0.25, 0.3) is 0 Å². The van der Waals surface area contributed by atoms with Gasteiger partial charge in [0.1, 0.15) is 4.90 Å². The van der Waals surface area contributed by atoms with Gasteiger partial charge in [-0.15, -0.1) is 0 Å². The Kier molecular flexibility index (Phi) is 6.67. The maximum atomic E-state index is 12.4. The highest BCUT2D eigenvalue weighted by molar-refractivity contribution is 9.10. The molecule has 0 aliphatic heterocycles. The van der Waals surface area contributed by atoms with Crippen molar-refractivity contribution in [1.82, 2.24) is 14.7 Å². The summed E-state index contributed by atoms with van der Waals surface area (Å²) >= 11 is 6.47. The Hall–Kier alpha value is -2.05. The molecule has 9 nitrogen and oxygen atoms in total. The normalized spacial score (nSPS) is 10.9. The molecule has 2 amide bonds. The topological polar surface area (TPSA) is 127 Å². The highest BCUT2D eigenvalue weighted by Gasteiger charge is 2.25. The number of halogens is 2. The van der Waals surface area contributed by atoms with Gasteiger partial charge in [0.15, 0.2) is 0 Å². The maximum Gasteiger partial charge on any atom is 0.339 e. The van der Waals surface area contributed by atoms with E-state index in [2.05, 4.69) is 51.9 Å². The first-order chi connectivity index (χ1) is 12.3. The lowest BCUT2D eigenvalue weighted by atomic mass is 10.2. The largest absolute Gasteiger partial charge is 0.465 e. The van der Waals surface area contributed by atoms with Crippen molar-refractivity contribution in [3.8, 4) is 0 Å². The Morgan fingerprint density at radius 3 is 2.62 bits per heavy atom. The maximum absolute atomic E-state index is 12.4. The van der Waals surface area contributed by atoms with Crippen molar-refractivity contribution < 1.29 is 22.7 Å². The van der Waals surface area contributed by atoms with Crippen LogP contribution < -0.4 is 10.0 Å². The van der Waals surface area contributed by atoms with Gasteiger partial charge in [-0.2, -0.15) is 0 Å². The van der Waals surface area contributed by atoms with Gasteiger partial charge in [-0.3, -0.25) is 5.32 Å². The minimum Gasteiger partial charge on any atom is -0.465 e. The smallest absolute Gasteiger partial charge is 0.339 e. The first-order valence-electron chi connectivity index (χ1n) is 6.87. The van der Waals surface area contributed by atoms with E-state index in [4.69, 9.17) is 0 Å². The molecular weight excluding hydrogens is 496 g/mol. The van der Waals surface area contributed by atoms with Crippen molar-refractivity contribution in [3.63, 3.8) is 0 Å². The van der Waals surface area contributed by atoms with Crippen LogP contribution in [-0.2, 0) is 20.1 Å². The molecule has 0 bridgehead atoms. The number of nitrogens with zero attached hydrogens (tertiary/aromatic N) is 2. The van der Waals surface area contributed by atoms with Crippen molar-refractivity contribution in [2.75, 3.05) is 12.4 Å². The minimum atomic E-state index is -4.33. The molecule has 0 fully saturated rings. The van der Waals surface area contributed by atoms with E-state index < -0.39 is 22.0 Å². The lowest BCUT2D eigenvalue weighted by Crippen LogP contribution is -2.35. The van der Waals surface area contributed by atoms with Gasteiger partial charge in [-0.1, -0.05) is 28.1 Å². The molecule has 0 aliphatic rings. The number of aromatic nitrogens is 2. The fraction of sp³-hybridized carbons (Fsp3) is 0.143. The number of carbonyl (C=O) groups excluding carboxylic acids is 2. The summed E-state index contributed by atoms with van der Waals surface area (Å²) in [5.74, 6) is -0.929. The van der Waals surface area contributed by atoms with Gasteiger partial charge >= 0.3 is 12.0 Å². The van der Waals surface area contributed by atoms with E-state index in [9.17, 15) is 18.0 Å². The molecule has 12 heteroatoms. The number of benzene rings is 1. The molecule has 2 aromatic rings. The van der Waals surface area contributed by atoms with E-state index in [1.54, 1.807) is 4.72 Å². The average molecular weight is 508 g/mol. The van der Waals surface area contributed by atoms with E-state index >= 15 is 0 Å². The van der Waals surface area contributed by atoms with Crippen LogP contribution >= 0.6 is 31.9 Å². The van der Waals surface area contributed by atoms with Gasteiger partial charge in [0.2, 0.25) is 5.95 Å². The Balaban J connectivity index is 2.22. The van der Waals surface area contributed by atoms with Gasteiger partial charge in [0.25, 0.3) is 10.0 Å². The van der Waals surface area contributed by atoms with Crippen molar-refractivity contribution in [1.29, 1.82) is 0 Å². The number of ether oxygens (including phenoxy) is 1. The van der Waals surface area contributed by atoms with Crippen molar-refractivity contribution in [3.05, 3.63) is 46.2 Å². The van der Waals surface area contributed by atoms with E-state index in [1.807, 2.05) is 0 Å². The molecule has 1 aromatic carbocycles. The summed E-state index contributed by atoms with van der Waals surface area (Å²) < 4.78 is 31.8. The van der Waals surface area contributed by atoms with Crippen molar-refractivity contribution in [2.45, 2.75) is 10.2 Å². The Labute approximate surface area is 165 Å². The molecule has 0 saturated heterocycles.